The highest BCUT2D eigenvalue weighted by Gasteiger charge is 2.21. The molecule has 114 valence electrons. The van der Waals surface area contributed by atoms with Crippen molar-refractivity contribution in [2.75, 3.05) is 25.1 Å². The molecule has 0 saturated heterocycles. The quantitative estimate of drug-likeness (QED) is 0.500. The number of rotatable bonds is 6. The Morgan fingerprint density at radius 3 is 1.95 bits per heavy atom. The van der Waals surface area contributed by atoms with Crippen LogP contribution in [0.2, 0.25) is 10.0 Å². The fourth-order valence-electron chi connectivity index (χ4n) is 1.33. The van der Waals surface area contributed by atoms with Gasteiger partial charge in [0.2, 0.25) is 20.0 Å². The number of halogens is 2. The molecular formula is C9H13Cl2N3O4S2. The van der Waals surface area contributed by atoms with Crippen molar-refractivity contribution in [3.63, 3.8) is 0 Å². The minimum atomic E-state index is -3.96. The van der Waals surface area contributed by atoms with Crippen LogP contribution in [0, 0.1) is 0 Å². The van der Waals surface area contributed by atoms with Crippen LogP contribution in [0.15, 0.2) is 17.0 Å². The lowest BCUT2D eigenvalue weighted by Crippen LogP contribution is -2.34. The molecule has 4 N–H and O–H groups in total. The van der Waals surface area contributed by atoms with Gasteiger partial charge in [0.05, 0.1) is 16.3 Å². The summed E-state index contributed by atoms with van der Waals surface area (Å²) in [6.07, 6.45) is 0.967. The monoisotopic (exact) mass is 361 g/mol. The van der Waals surface area contributed by atoms with Crippen molar-refractivity contribution in [2.24, 2.45) is 0 Å². The molecule has 0 amide bonds. The maximum Gasteiger partial charge on any atom is 0.243 e. The van der Waals surface area contributed by atoms with Crippen molar-refractivity contribution in [1.29, 1.82) is 0 Å². The van der Waals surface area contributed by atoms with Crippen LogP contribution in [0.25, 0.3) is 0 Å². The van der Waals surface area contributed by atoms with Gasteiger partial charge in [0.25, 0.3) is 0 Å². The molecule has 0 atom stereocenters. The summed E-state index contributed by atoms with van der Waals surface area (Å²) in [5, 5.41) is -0.225. The molecule has 0 unspecified atom stereocenters. The van der Waals surface area contributed by atoms with Crippen LogP contribution >= 0.6 is 23.2 Å². The largest absolute Gasteiger partial charge is 0.399 e. The van der Waals surface area contributed by atoms with Gasteiger partial charge < -0.3 is 5.73 Å². The number of nitrogen functional groups attached to an aromatic ring is 1. The van der Waals surface area contributed by atoms with E-state index in [0.717, 1.165) is 6.26 Å². The van der Waals surface area contributed by atoms with Crippen LogP contribution in [0.3, 0.4) is 0 Å². The average Bonchev–Trinajstić information content (AvgIpc) is 2.21. The highest BCUT2D eigenvalue weighted by Crippen LogP contribution is 2.31. The van der Waals surface area contributed by atoms with E-state index in [9.17, 15) is 16.8 Å². The van der Waals surface area contributed by atoms with E-state index in [1.807, 2.05) is 0 Å². The number of nitrogens with one attached hydrogen (secondary N) is 2. The third-order valence-corrected chi connectivity index (χ3v) is 5.18. The van der Waals surface area contributed by atoms with E-state index in [-0.39, 0.29) is 33.7 Å². The highest BCUT2D eigenvalue weighted by molar-refractivity contribution is 7.89. The van der Waals surface area contributed by atoms with Gasteiger partial charge in [-0.25, -0.2) is 26.3 Å². The number of hydrogen-bond acceptors (Lipinski definition) is 5. The van der Waals surface area contributed by atoms with Crippen molar-refractivity contribution >= 4 is 48.9 Å². The number of hydrogen-bond donors (Lipinski definition) is 3. The molecule has 7 nitrogen and oxygen atoms in total. The maximum atomic E-state index is 12.0. The first-order chi connectivity index (χ1) is 9.03. The second kappa shape index (κ2) is 6.46. The molecular weight excluding hydrogens is 349 g/mol. The van der Waals surface area contributed by atoms with Crippen LogP contribution in [-0.4, -0.2) is 36.2 Å². The van der Waals surface area contributed by atoms with Crippen LogP contribution < -0.4 is 15.2 Å². The summed E-state index contributed by atoms with van der Waals surface area (Å²) < 4.78 is 50.0. The zero-order chi connectivity index (χ0) is 15.6. The molecule has 0 heterocycles. The van der Waals surface area contributed by atoms with E-state index in [2.05, 4.69) is 9.44 Å². The molecule has 0 spiro atoms. The van der Waals surface area contributed by atoms with E-state index in [0.29, 0.717) is 0 Å². The Bertz CT molecular complexity index is 681. The summed E-state index contributed by atoms with van der Waals surface area (Å²) in [5.41, 5.74) is 5.71. The average molecular weight is 362 g/mol. The predicted octanol–water partition coefficient (Wildman–Crippen LogP) is 0.403. The summed E-state index contributed by atoms with van der Waals surface area (Å²) in [4.78, 5) is -0.297. The molecule has 0 aliphatic rings. The van der Waals surface area contributed by atoms with Gasteiger partial charge in [-0.1, -0.05) is 23.2 Å². The molecule has 20 heavy (non-hydrogen) atoms. The van der Waals surface area contributed by atoms with E-state index in [1.165, 1.54) is 12.1 Å². The SMILES string of the molecule is CS(=O)(=O)NCCNS(=O)(=O)c1c(Cl)cc(N)cc1Cl. The standard InChI is InChI=1S/C9H13Cl2N3O4S2/c1-19(15,16)13-2-3-14-20(17,18)9-7(10)4-6(12)5-8(9)11/h4-5,13-14H,2-3,12H2,1H3. The first-order valence-corrected chi connectivity index (χ1v) is 9.35. The van der Waals surface area contributed by atoms with Gasteiger partial charge in [0, 0.05) is 18.8 Å². The zero-order valence-electron chi connectivity index (χ0n) is 10.4. The summed E-state index contributed by atoms with van der Waals surface area (Å²) in [7, 11) is -7.34. The van der Waals surface area contributed by atoms with Crippen LogP contribution in [0.1, 0.15) is 0 Å². The lowest BCUT2D eigenvalue weighted by molar-refractivity contribution is 0.573. The predicted molar refractivity (Wildman–Crippen MR) is 78.9 cm³/mol. The lowest BCUT2D eigenvalue weighted by atomic mass is 10.3. The van der Waals surface area contributed by atoms with Gasteiger partial charge >= 0.3 is 0 Å². The van der Waals surface area contributed by atoms with Gasteiger partial charge in [-0.05, 0) is 12.1 Å². The van der Waals surface area contributed by atoms with Crippen molar-refractivity contribution < 1.29 is 16.8 Å². The van der Waals surface area contributed by atoms with Gasteiger partial charge in [0.1, 0.15) is 4.90 Å². The fourth-order valence-corrected chi connectivity index (χ4v) is 4.06. The molecule has 0 fully saturated rings. The van der Waals surface area contributed by atoms with E-state index in [1.54, 1.807) is 0 Å². The molecule has 1 rings (SSSR count). The van der Waals surface area contributed by atoms with Crippen LogP contribution in [0.4, 0.5) is 5.69 Å². The molecule has 1 aromatic rings. The first kappa shape index (κ1) is 17.5. The molecule has 1 aromatic carbocycles. The van der Waals surface area contributed by atoms with Crippen molar-refractivity contribution in [3.8, 4) is 0 Å². The Morgan fingerprint density at radius 2 is 1.50 bits per heavy atom. The van der Waals surface area contributed by atoms with Gasteiger partial charge in [-0.2, -0.15) is 0 Å². The van der Waals surface area contributed by atoms with Crippen molar-refractivity contribution in [3.05, 3.63) is 22.2 Å². The zero-order valence-corrected chi connectivity index (χ0v) is 13.5. The molecule has 0 bridgehead atoms. The molecule has 0 aliphatic carbocycles. The second-order valence-electron chi connectivity index (χ2n) is 3.88. The first-order valence-electron chi connectivity index (χ1n) is 5.22. The number of benzene rings is 1. The number of sulfonamides is 2. The minimum absolute atomic E-state index is 0.0950. The Kier molecular flexibility index (Phi) is 5.64. The van der Waals surface area contributed by atoms with Gasteiger partial charge in [0.15, 0.2) is 0 Å². The van der Waals surface area contributed by atoms with Crippen LogP contribution in [-0.2, 0) is 20.0 Å². The summed E-state index contributed by atoms with van der Waals surface area (Å²) in [6.45, 7) is -0.241. The van der Waals surface area contributed by atoms with Crippen molar-refractivity contribution in [2.45, 2.75) is 4.90 Å². The molecule has 0 saturated carbocycles. The Hall–Kier alpha value is -0.580. The number of nitrogens with two attached hydrogens (primary N) is 1. The third-order valence-electron chi connectivity index (χ3n) is 2.07. The van der Waals surface area contributed by atoms with Gasteiger partial charge in [-0.15, -0.1) is 0 Å². The minimum Gasteiger partial charge on any atom is -0.399 e. The molecule has 0 radical (unpaired) electrons. The topological polar surface area (TPSA) is 118 Å². The summed E-state index contributed by atoms with van der Waals surface area (Å²) >= 11 is 11.6. The summed E-state index contributed by atoms with van der Waals surface area (Å²) in [6, 6.07) is 2.52. The smallest absolute Gasteiger partial charge is 0.243 e. The molecule has 0 aromatic heterocycles. The molecule has 11 heteroatoms. The lowest BCUT2D eigenvalue weighted by Gasteiger charge is -2.11. The third kappa shape index (κ3) is 5.08. The Balaban J connectivity index is 2.85. The van der Waals surface area contributed by atoms with Crippen LogP contribution in [0.5, 0.6) is 0 Å². The normalized spacial score (nSPS) is 12.6. The van der Waals surface area contributed by atoms with Crippen molar-refractivity contribution in [1.82, 2.24) is 9.44 Å². The van der Waals surface area contributed by atoms with E-state index >= 15 is 0 Å². The summed E-state index contributed by atoms with van der Waals surface area (Å²) in [5.74, 6) is 0. The van der Waals surface area contributed by atoms with E-state index in [4.69, 9.17) is 28.9 Å². The Labute approximate surface area is 127 Å². The Morgan fingerprint density at radius 1 is 1.05 bits per heavy atom. The van der Waals surface area contributed by atoms with E-state index < -0.39 is 20.0 Å². The second-order valence-corrected chi connectivity index (χ2v) is 8.23. The van der Waals surface area contributed by atoms with Gasteiger partial charge in [-0.3, -0.25) is 0 Å². The molecule has 0 aliphatic heterocycles. The maximum absolute atomic E-state index is 12.0. The highest BCUT2D eigenvalue weighted by atomic mass is 35.5. The number of anilines is 1. The fraction of sp³-hybridized carbons (Fsp3) is 0.333.